The van der Waals surface area contributed by atoms with Gasteiger partial charge in [0.25, 0.3) is 0 Å². The van der Waals surface area contributed by atoms with E-state index >= 15 is 0 Å². The summed E-state index contributed by atoms with van der Waals surface area (Å²) in [5, 5.41) is 7.24. The van der Waals surface area contributed by atoms with E-state index in [0.29, 0.717) is 6.04 Å². The number of carbonyl (C=O) groups excluding carboxylic acids is 1. The molecule has 0 aromatic heterocycles. The van der Waals surface area contributed by atoms with E-state index < -0.39 is 0 Å². The molecule has 0 atom stereocenters. The summed E-state index contributed by atoms with van der Waals surface area (Å²) in [6, 6.07) is 0.338. The second kappa shape index (κ2) is 12.3. The van der Waals surface area contributed by atoms with Gasteiger partial charge in [-0.3, -0.25) is 9.89 Å². The lowest BCUT2D eigenvalue weighted by Crippen LogP contribution is -2.62. The Labute approximate surface area is 199 Å². The SMILES string of the molecule is CN=C(NCC1(N2CCCCC2)CCN(C)CC1)NC1CCN(C(=O)OC)CC1.I. The number of methoxy groups -OCH3 is 1. The third kappa shape index (κ3) is 6.59. The Morgan fingerprint density at radius 3 is 2.27 bits per heavy atom. The van der Waals surface area contributed by atoms with Crippen LogP contribution < -0.4 is 10.6 Å². The van der Waals surface area contributed by atoms with Gasteiger partial charge in [0.1, 0.15) is 0 Å². The number of carbonyl (C=O) groups is 1. The molecule has 0 bridgehead atoms. The zero-order chi connectivity index (χ0) is 20.7. The minimum atomic E-state index is -0.225. The van der Waals surface area contributed by atoms with Gasteiger partial charge in [0.05, 0.1) is 7.11 Å². The zero-order valence-electron chi connectivity index (χ0n) is 19.0. The van der Waals surface area contributed by atoms with Crippen molar-refractivity contribution in [1.82, 2.24) is 25.3 Å². The molecule has 0 unspecified atom stereocenters. The Bertz CT molecular complexity index is 554. The first-order valence-electron chi connectivity index (χ1n) is 11.3. The van der Waals surface area contributed by atoms with E-state index in [-0.39, 0.29) is 35.6 Å². The van der Waals surface area contributed by atoms with Crippen molar-refractivity contribution < 1.29 is 9.53 Å². The van der Waals surface area contributed by atoms with Crippen molar-refractivity contribution >= 4 is 36.0 Å². The highest BCUT2D eigenvalue weighted by Gasteiger charge is 2.39. The van der Waals surface area contributed by atoms with Crippen LogP contribution in [-0.4, -0.2) is 105 Å². The summed E-state index contributed by atoms with van der Waals surface area (Å²) in [6.45, 7) is 7.18. The quantitative estimate of drug-likeness (QED) is 0.325. The van der Waals surface area contributed by atoms with E-state index in [4.69, 9.17) is 4.74 Å². The summed E-state index contributed by atoms with van der Waals surface area (Å²) in [5.41, 5.74) is 0.235. The third-order valence-electron chi connectivity index (χ3n) is 7.02. The van der Waals surface area contributed by atoms with Crippen LogP contribution in [0.25, 0.3) is 0 Å². The van der Waals surface area contributed by atoms with Gasteiger partial charge in [0.2, 0.25) is 0 Å². The molecule has 3 rings (SSSR count). The van der Waals surface area contributed by atoms with Gasteiger partial charge in [-0.2, -0.15) is 0 Å². The van der Waals surface area contributed by atoms with Crippen LogP contribution in [0.3, 0.4) is 0 Å². The number of halogens is 1. The van der Waals surface area contributed by atoms with Crippen molar-refractivity contribution in [1.29, 1.82) is 0 Å². The molecular weight excluding hydrogens is 495 g/mol. The number of rotatable bonds is 4. The number of piperidine rings is 3. The molecule has 2 N–H and O–H groups in total. The van der Waals surface area contributed by atoms with Crippen LogP contribution in [0, 0.1) is 0 Å². The molecular formula is C21H41IN6O2. The molecule has 9 heteroatoms. The fourth-order valence-corrected chi connectivity index (χ4v) is 4.98. The standard InChI is InChI=1S/C21H40N6O2.HI/c1-22-19(24-18-7-13-26(14-8-18)20(28)29-3)23-17-21(9-15-25(2)16-10-21)27-11-5-4-6-12-27;/h18H,4-17H2,1-3H3,(H2,22,23,24);1H. The van der Waals surface area contributed by atoms with Crippen molar-refractivity contribution in [2.24, 2.45) is 4.99 Å². The molecule has 3 aliphatic heterocycles. The Morgan fingerprint density at radius 1 is 1.07 bits per heavy atom. The van der Waals surface area contributed by atoms with Crippen LogP contribution in [0.15, 0.2) is 4.99 Å². The van der Waals surface area contributed by atoms with E-state index in [1.165, 1.54) is 52.3 Å². The molecule has 3 fully saturated rings. The first-order chi connectivity index (χ1) is 14.1. The van der Waals surface area contributed by atoms with Gasteiger partial charge in [0.15, 0.2) is 5.96 Å². The van der Waals surface area contributed by atoms with Crippen LogP contribution in [0.2, 0.25) is 0 Å². The molecule has 3 aliphatic rings. The summed E-state index contributed by atoms with van der Waals surface area (Å²) < 4.78 is 4.83. The maximum absolute atomic E-state index is 11.7. The minimum absolute atomic E-state index is 0. The summed E-state index contributed by atoms with van der Waals surface area (Å²) in [6.07, 6.45) is 8.04. The topological polar surface area (TPSA) is 72.4 Å². The summed E-state index contributed by atoms with van der Waals surface area (Å²) >= 11 is 0. The molecule has 0 saturated carbocycles. The van der Waals surface area contributed by atoms with Gasteiger partial charge < -0.3 is 25.2 Å². The molecule has 0 aromatic carbocycles. The highest BCUT2D eigenvalue weighted by molar-refractivity contribution is 14.0. The highest BCUT2D eigenvalue weighted by atomic mass is 127. The van der Waals surface area contributed by atoms with Crippen LogP contribution in [0.5, 0.6) is 0 Å². The number of aliphatic imine (C=N–C) groups is 1. The third-order valence-corrected chi connectivity index (χ3v) is 7.02. The highest BCUT2D eigenvalue weighted by Crippen LogP contribution is 2.30. The maximum Gasteiger partial charge on any atom is 0.409 e. The summed E-state index contributed by atoms with van der Waals surface area (Å²) in [7, 11) is 5.52. The molecule has 174 valence electrons. The lowest BCUT2D eigenvalue weighted by atomic mass is 9.84. The monoisotopic (exact) mass is 536 g/mol. The van der Waals surface area contributed by atoms with Gasteiger partial charge in [-0.25, -0.2) is 4.79 Å². The molecule has 0 aromatic rings. The van der Waals surface area contributed by atoms with Crippen molar-refractivity contribution in [2.75, 3.05) is 67.0 Å². The van der Waals surface area contributed by atoms with Crippen LogP contribution in [0.1, 0.15) is 44.9 Å². The van der Waals surface area contributed by atoms with Crippen molar-refractivity contribution in [3.8, 4) is 0 Å². The molecule has 3 heterocycles. The molecule has 3 saturated heterocycles. The van der Waals surface area contributed by atoms with E-state index in [2.05, 4.69) is 32.5 Å². The fraction of sp³-hybridized carbons (Fsp3) is 0.905. The van der Waals surface area contributed by atoms with Gasteiger partial charge >= 0.3 is 6.09 Å². The number of ether oxygens (including phenoxy) is 1. The number of nitrogens with zero attached hydrogens (tertiary/aromatic N) is 4. The minimum Gasteiger partial charge on any atom is -0.453 e. The summed E-state index contributed by atoms with van der Waals surface area (Å²) in [4.78, 5) is 23.1. The average Bonchev–Trinajstić information content (AvgIpc) is 2.78. The van der Waals surface area contributed by atoms with Crippen LogP contribution in [-0.2, 0) is 4.74 Å². The van der Waals surface area contributed by atoms with Gasteiger partial charge in [0, 0.05) is 38.3 Å². The van der Waals surface area contributed by atoms with Crippen molar-refractivity contribution in [3.63, 3.8) is 0 Å². The second-order valence-electron chi connectivity index (χ2n) is 8.88. The molecule has 0 spiro atoms. The first kappa shape index (κ1) is 25.5. The summed E-state index contributed by atoms with van der Waals surface area (Å²) in [5.74, 6) is 0.886. The molecule has 0 radical (unpaired) electrons. The van der Waals surface area contributed by atoms with E-state index in [9.17, 15) is 4.79 Å². The first-order valence-corrected chi connectivity index (χ1v) is 11.3. The number of hydrogen-bond donors (Lipinski definition) is 2. The predicted molar refractivity (Wildman–Crippen MR) is 132 cm³/mol. The Morgan fingerprint density at radius 2 is 1.70 bits per heavy atom. The van der Waals surface area contributed by atoms with Crippen molar-refractivity contribution in [2.45, 2.75) is 56.5 Å². The number of guanidine groups is 1. The van der Waals surface area contributed by atoms with E-state index in [1.807, 2.05) is 7.05 Å². The van der Waals surface area contributed by atoms with E-state index in [1.54, 1.807) is 4.90 Å². The maximum atomic E-state index is 11.7. The van der Waals surface area contributed by atoms with Crippen molar-refractivity contribution in [3.05, 3.63) is 0 Å². The largest absolute Gasteiger partial charge is 0.453 e. The molecule has 0 aliphatic carbocycles. The lowest BCUT2D eigenvalue weighted by Gasteiger charge is -2.50. The smallest absolute Gasteiger partial charge is 0.409 e. The number of nitrogens with one attached hydrogen (secondary N) is 2. The Hall–Kier alpha value is -0.810. The molecule has 1 amide bonds. The fourth-order valence-electron chi connectivity index (χ4n) is 4.98. The molecule has 8 nitrogen and oxygen atoms in total. The van der Waals surface area contributed by atoms with Crippen LogP contribution >= 0.6 is 24.0 Å². The Balaban J connectivity index is 0.00000320. The Kier molecular flexibility index (Phi) is 10.4. The normalized spacial score (nSPS) is 24.1. The number of hydrogen-bond acceptors (Lipinski definition) is 5. The molecule has 30 heavy (non-hydrogen) atoms. The number of likely N-dealkylation sites (tertiary alicyclic amines) is 3. The second-order valence-corrected chi connectivity index (χ2v) is 8.88. The van der Waals surface area contributed by atoms with E-state index in [0.717, 1.165) is 51.5 Å². The number of amides is 1. The lowest BCUT2D eigenvalue weighted by molar-refractivity contribution is 0.0172. The average molecular weight is 537 g/mol. The van der Waals surface area contributed by atoms with Gasteiger partial charge in [-0.05, 0) is 71.8 Å². The predicted octanol–water partition coefficient (Wildman–Crippen LogP) is 1.95. The zero-order valence-corrected chi connectivity index (χ0v) is 21.3. The van der Waals surface area contributed by atoms with Crippen LogP contribution in [0.4, 0.5) is 4.79 Å². The van der Waals surface area contributed by atoms with Gasteiger partial charge in [-0.1, -0.05) is 6.42 Å². The van der Waals surface area contributed by atoms with Gasteiger partial charge in [-0.15, -0.1) is 24.0 Å².